The van der Waals surface area contributed by atoms with Gasteiger partial charge in [-0.2, -0.15) is 0 Å². The molecule has 0 fully saturated rings. The third-order valence-electron chi connectivity index (χ3n) is 3.16. The Bertz CT molecular complexity index is 756. The van der Waals surface area contributed by atoms with Crippen molar-refractivity contribution in [1.29, 1.82) is 0 Å². The summed E-state index contributed by atoms with van der Waals surface area (Å²) in [5.74, 6) is 1.50. The zero-order valence-electron chi connectivity index (χ0n) is 12.0. The van der Waals surface area contributed by atoms with E-state index in [9.17, 15) is 0 Å². The molecule has 3 rings (SSSR count). The molecular weight excluding hydrogens is 264 g/mol. The van der Waals surface area contributed by atoms with E-state index in [1.54, 1.807) is 12.4 Å². The molecule has 0 aliphatic rings. The van der Waals surface area contributed by atoms with Gasteiger partial charge in [0.15, 0.2) is 0 Å². The number of nitrogens with zero attached hydrogens (tertiary/aromatic N) is 3. The van der Waals surface area contributed by atoms with E-state index in [4.69, 9.17) is 4.74 Å². The lowest BCUT2D eigenvalue weighted by Crippen LogP contribution is -2.01. The van der Waals surface area contributed by atoms with Crippen LogP contribution in [0.3, 0.4) is 0 Å². The van der Waals surface area contributed by atoms with E-state index in [0.717, 1.165) is 33.9 Å². The first-order valence-corrected chi connectivity index (χ1v) is 6.74. The first-order chi connectivity index (χ1) is 10.3. The second-order valence-corrected chi connectivity index (χ2v) is 4.71. The van der Waals surface area contributed by atoms with Gasteiger partial charge < -0.3 is 10.1 Å². The van der Waals surface area contributed by atoms with Gasteiger partial charge in [-0.25, -0.2) is 9.97 Å². The van der Waals surface area contributed by atoms with E-state index in [1.165, 1.54) is 0 Å². The van der Waals surface area contributed by atoms with Gasteiger partial charge in [0, 0.05) is 18.1 Å². The summed E-state index contributed by atoms with van der Waals surface area (Å²) in [7, 11) is 1.81. The number of aromatic nitrogens is 3. The third kappa shape index (κ3) is 2.91. The zero-order valence-corrected chi connectivity index (χ0v) is 12.0. The molecule has 21 heavy (non-hydrogen) atoms. The summed E-state index contributed by atoms with van der Waals surface area (Å²) in [6.07, 6.45) is 3.39. The first-order valence-electron chi connectivity index (χ1n) is 6.74. The number of hydrogen-bond acceptors (Lipinski definition) is 5. The topological polar surface area (TPSA) is 59.9 Å². The monoisotopic (exact) mass is 280 g/mol. The van der Waals surface area contributed by atoms with Gasteiger partial charge in [-0.1, -0.05) is 18.2 Å². The van der Waals surface area contributed by atoms with Gasteiger partial charge in [-0.15, -0.1) is 0 Å². The van der Waals surface area contributed by atoms with Gasteiger partial charge in [-0.3, -0.25) is 4.98 Å². The summed E-state index contributed by atoms with van der Waals surface area (Å²) in [6.45, 7) is 2.34. The molecule has 1 N–H and O–H groups in total. The molecule has 5 nitrogen and oxygen atoms in total. The predicted octanol–water partition coefficient (Wildman–Crippen LogP) is 2.95. The molecule has 5 heteroatoms. The molecule has 2 aromatic heterocycles. The molecule has 1 aromatic carbocycles. The molecule has 0 saturated carbocycles. The molecule has 0 bridgehead atoms. The van der Waals surface area contributed by atoms with Crippen molar-refractivity contribution in [2.45, 2.75) is 13.5 Å². The Balaban J connectivity index is 1.82. The molecule has 0 aliphatic heterocycles. The lowest BCUT2D eigenvalue weighted by atomic mass is 10.2. The van der Waals surface area contributed by atoms with Crippen LogP contribution in [0.4, 0.5) is 5.82 Å². The highest BCUT2D eigenvalue weighted by atomic mass is 16.5. The molecule has 3 aromatic rings. The quantitative estimate of drug-likeness (QED) is 0.796. The summed E-state index contributed by atoms with van der Waals surface area (Å²) < 4.78 is 5.85. The van der Waals surface area contributed by atoms with Crippen molar-refractivity contribution in [3.63, 3.8) is 0 Å². The Kier molecular flexibility index (Phi) is 3.64. The molecule has 0 spiro atoms. The van der Waals surface area contributed by atoms with E-state index >= 15 is 0 Å². The van der Waals surface area contributed by atoms with E-state index in [1.807, 2.05) is 44.3 Å². The van der Waals surface area contributed by atoms with Crippen LogP contribution in [0.15, 0.2) is 42.7 Å². The fourth-order valence-corrected chi connectivity index (χ4v) is 2.04. The summed E-state index contributed by atoms with van der Waals surface area (Å²) >= 11 is 0. The van der Waals surface area contributed by atoms with Crippen molar-refractivity contribution >= 4 is 16.7 Å². The fraction of sp³-hybridized carbons (Fsp3) is 0.188. The number of pyridine rings is 1. The van der Waals surface area contributed by atoms with Crippen LogP contribution in [0.2, 0.25) is 0 Å². The van der Waals surface area contributed by atoms with Crippen molar-refractivity contribution in [2.24, 2.45) is 0 Å². The number of anilines is 1. The zero-order chi connectivity index (χ0) is 14.7. The van der Waals surface area contributed by atoms with Crippen molar-refractivity contribution in [1.82, 2.24) is 15.0 Å². The van der Waals surface area contributed by atoms with Gasteiger partial charge in [-0.05, 0) is 19.1 Å². The third-order valence-corrected chi connectivity index (χ3v) is 3.16. The smallest absolute Gasteiger partial charge is 0.146 e. The maximum atomic E-state index is 5.85. The SMILES string of the molecule is CNc1cnc(COc2cccc3ccc(C)nc23)cn1. The highest BCUT2D eigenvalue weighted by Gasteiger charge is 2.05. The van der Waals surface area contributed by atoms with E-state index in [0.29, 0.717) is 6.61 Å². The minimum atomic E-state index is 0.367. The van der Waals surface area contributed by atoms with Gasteiger partial charge in [0.05, 0.1) is 18.1 Å². The van der Waals surface area contributed by atoms with Crippen LogP contribution >= 0.6 is 0 Å². The Morgan fingerprint density at radius 2 is 2.00 bits per heavy atom. The van der Waals surface area contributed by atoms with Crippen molar-refractivity contribution in [3.05, 3.63) is 54.1 Å². The van der Waals surface area contributed by atoms with Crippen molar-refractivity contribution in [2.75, 3.05) is 12.4 Å². The largest absolute Gasteiger partial charge is 0.485 e. The number of aryl methyl sites for hydroxylation is 1. The second kappa shape index (κ2) is 5.75. The molecular formula is C16H16N4O. The van der Waals surface area contributed by atoms with Crippen molar-refractivity contribution < 1.29 is 4.74 Å². The van der Waals surface area contributed by atoms with Crippen LogP contribution in [0, 0.1) is 6.92 Å². The van der Waals surface area contributed by atoms with Crippen LogP contribution in [-0.4, -0.2) is 22.0 Å². The highest BCUT2D eigenvalue weighted by Crippen LogP contribution is 2.24. The van der Waals surface area contributed by atoms with Crippen LogP contribution in [0.5, 0.6) is 5.75 Å². The number of rotatable bonds is 4. The lowest BCUT2D eigenvalue weighted by molar-refractivity contribution is 0.304. The standard InChI is InChI=1S/C16H16N4O/c1-11-6-7-12-4-3-5-14(16(12)20-11)21-10-13-8-19-15(17-2)9-18-13/h3-9H,10H2,1-2H3,(H,17,19). The van der Waals surface area contributed by atoms with Gasteiger partial charge in [0.1, 0.15) is 23.7 Å². The first kappa shape index (κ1) is 13.3. The molecule has 106 valence electrons. The molecule has 2 heterocycles. The predicted molar refractivity (Wildman–Crippen MR) is 82.4 cm³/mol. The molecule has 0 radical (unpaired) electrons. The summed E-state index contributed by atoms with van der Waals surface area (Å²) in [6, 6.07) is 9.95. The normalized spacial score (nSPS) is 10.6. The average molecular weight is 280 g/mol. The fourth-order valence-electron chi connectivity index (χ4n) is 2.04. The highest BCUT2D eigenvalue weighted by molar-refractivity contribution is 5.84. The molecule has 0 saturated heterocycles. The Morgan fingerprint density at radius 1 is 1.10 bits per heavy atom. The van der Waals surface area contributed by atoms with Gasteiger partial charge in [0.2, 0.25) is 0 Å². The maximum absolute atomic E-state index is 5.85. The van der Waals surface area contributed by atoms with Crippen molar-refractivity contribution in [3.8, 4) is 5.75 Å². The minimum Gasteiger partial charge on any atom is -0.485 e. The Hall–Kier alpha value is -2.69. The summed E-state index contributed by atoms with van der Waals surface area (Å²) in [5.41, 5.74) is 2.62. The Morgan fingerprint density at radius 3 is 2.76 bits per heavy atom. The van der Waals surface area contributed by atoms with Crippen LogP contribution in [-0.2, 0) is 6.61 Å². The number of benzene rings is 1. The number of hydrogen-bond donors (Lipinski definition) is 1. The lowest BCUT2D eigenvalue weighted by Gasteiger charge is -2.09. The van der Waals surface area contributed by atoms with E-state index in [2.05, 4.69) is 20.3 Å². The summed E-state index contributed by atoms with van der Waals surface area (Å²) in [5, 5.41) is 4.00. The Labute approximate surface area is 123 Å². The van der Waals surface area contributed by atoms with Crippen LogP contribution in [0.1, 0.15) is 11.4 Å². The van der Waals surface area contributed by atoms with Gasteiger partial charge in [0.25, 0.3) is 0 Å². The molecule has 0 unspecified atom stereocenters. The minimum absolute atomic E-state index is 0.367. The molecule has 0 atom stereocenters. The number of para-hydroxylation sites is 1. The number of nitrogens with one attached hydrogen (secondary N) is 1. The van der Waals surface area contributed by atoms with Gasteiger partial charge >= 0.3 is 0 Å². The summed E-state index contributed by atoms with van der Waals surface area (Å²) in [4.78, 5) is 13.1. The van der Waals surface area contributed by atoms with Crippen LogP contribution < -0.4 is 10.1 Å². The van der Waals surface area contributed by atoms with Crippen LogP contribution in [0.25, 0.3) is 10.9 Å². The van der Waals surface area contributed by atoms with E-state index in [-0.39, 0.29) is 0 Å². The second-order valence-electron chi connectivity index (χ2n) is 4.71. The number of fused-ring (bicyclic) bond motifs is 1. The molecule has 0 aliphatic carbocycles. The average Bonchev–Trinajstić information content (AvgIpc) is 2.53. The number of ether oxygens (including phenoxy) is 1. The van der Waals surface area contributed by atoms with E-state index < -0.39 is 0 Å². The molecule has 0 amide bonds. The maximum Gasteiger partial charge on any atom is 0.146 e.